The van der Waals surface area contributed by atoms with Crippen LogP contribution in [0.25, 0.3) is 0 Å². The van der Waals surface area contributed by atoms with Crippen LogP contribution in [0.3, 0.4) is 0 Å². The third-order valence-corrected chi connectivity index (χ3v) is 5.56. The van der Waals surface area contributed by atoms with Gasteiger partial charge in [-0.05, 0) is 44.4 Å². The van der Waals surface area contributed by atoms with Gasteiger partial charge in [0.2, 0.25) is 0 Å². The van der Waals surface area contributed by atoms with Gasteiger partial charge in [-0.25, -0.2) is 4.39 Å². The molecule has 1 aromatic heterocycles. The number of aromatic nitrogens is 2. The Balaban J connectivity index is 1.45. The first-order valence-corrected chi connectivity index (χ1v) is 9.89. The normalized spacial score (nSPS) is 16.4. The van der Waals surface area contributed by atoms with Crippen molar-refractivity contribution >= 4 is 5.96 Å². The summed E-state index contributed by atoms with van der Waals surface area (Å²) >= 11 is 0. The molecule has 7 heteroatoms. The fraction of sp³-hybridized carbons (Fsp3) is 0.524. The molecule has 0 radical (unpaired) electrons. The van der Waals surface area contributed by atoms with Gasteiger partial charge >= 0.3 is 0 Å². The van der Waals surface area contributed by atoms with E-state index < -0.39 is 0 Å². The van der Waals surface area contributed by atoms with Crippen molar-refractivity contribution in [1.29, 1.82) is 0 Å². The second kappa shape index (κ2) is 9.19. The highest BCUT2D eigenvalue weighted by Gasteiger charge is 2.20. The molecule has 1 aromatic carbocycles. The van der Waals surface area contributed by atoms with Crippen molar-refractivity contribution in [3.63, 3.8) is 0 Å². The van der Waals surface area contributed by atoms with Crippen LogP contribution in [0.4, 0.5) is 4.39 Å². The third kappa shape index (κ3) is 5.10. The molecule has 2 heterocycles. The zero-order valence-corrected chi connectivity index (χ0v) is 17.3. The number of nitrogens with zero attached hydrogens (tertiary/aromatic N) is 4. The molecular weight excluding hydrogens is 355 g/mol. The van der Waals surface area contributed by atoms with E-state index in [0.29, 0.717) is 12.6 Å². The third-order valence-electron chi connectivity index (χ3n) is 5.56. The lowest BCUT2D eigenvalue weighted by Gasteiger charge is -2.33. The highest BCUT2D eigenvalue weighted by molar-refractivity contribution is 5.80. The Morgan fingerprint density at radius 3 is 2.46 bits per heavy atom. The fourth-order valence-corrected chi connectivity index (χ4v) is 3.72. The lowest BCUT2D eigenvalue weighted by atomic mass is 10.0. The highest BCUT2D eigenvalue weighted by atomic mass is 19.1. The van der Waals surface area contributed by atoms with Crippen molar-refractivity contribution in [2.24, 2.45) is 12.0 Å². The van der Waals surface area contributed by atoms with E-state index in [1.165, 1.54) is 23.4 Å². The van der Waals surface area contributed by atoms with Crippen molar-refractivity contribution in [2.45, 2.75) is 45.8 Å². The van der Waals surface area contributed by atoms with E-state index in [1.54, 1.807) is 0 Å². The molecule has 1 saturated heterocycles. The Morgan fingerprint density at radius 1 is 1.21 bits per heavy atom. The van der Waals surface area contributed by atoms with Crippen LogP contribution in [0.5, 0.6) is 0 Å². The minimum atomic E-state index is -0.179. The summed E-state index contributed by atoms with van der Waals surface area (Å²) in [4.78, 5) is 6.80. The van der Waals surface area contributed by atoms with Crippen molar-refractivity contribution in [2.75, 3.05) is 20.1 Å². The molecule has 152 valence electrons. The van der Waals surface area contributed by atoms with E-state index in [2.05, 4.69) is 32.5 Å². The van der Waals surface area contributed by atoms with Crippen LogP contribution in [0.2, 0.25) is 0 Å². The Morgan fingerprint density at radius 2 is 1.89 bits per heavy atom. The van der Waals surface area contributed by atoms with Crippen LogP contribution >= 0.6 is 0 Å². The number of halogens is 1. The summed E-state index contributed by atoms with van der Waals surface area (Å²) in [5, 5.41) is 11.4. The number of hydrogen-bond acceptors (Lipinski definition) is 3. The number of aliphatic imine (C=N–C) groups is 1. The van der Waals surface area contributed by atoms with Crippen molar-refractivity contribution < 1.29 is 4.39 Å². The average molecular weight is 387 g/mol. The number of likely N-dealkylation sites (tertiary alicyclic amines) is 1. The molecule has 6 nitrogen and oxygen atoms in total. The summed E-state index contributed by atoms with van der Waals surface area (Å²) < 4.78 is 15.0. The Kier molecular flexibility index (Phi) is 6.67. The molecule has 0 atom stereocenters. The van der Waals surface area contributed by atoms with E-state index in [9.17, 15) is 4.39 Å². The zero-order chi connectivity index (χ0) is 20.1. The molecule has 1 aliphatic rings. The van der Waals surface area contributed by atoms with Crippen LogP contribution in [-0.2, 0) is 20.1 Å². The van der Waals surface area contributed by atoms with Crippen LogP contribution in [0, 0.1) is 19.7 Å². The molecule has 0 aliphatic carbocycles. The van der Waals surface area contributed by atoms with E-state index in [1.807, 2.05) is 37.8 Å². The quantitative estimate of drug-likeness (QED) is 0.612. The van der Waals surface area contributed by atoms with Gasteiger partial charge in [0.15, 0.2) is 5.96 Å². The van der Waals surface area contributed by atoms with Gasteiger partial charge in [-0.3, -0.25) is 14.6 Å². The number of rotatable bonds is 5. The molecule has 2 N–H and O–H groups in total. The molecule has 0 spiro atoms. The van der Waals surface area contributed by atoms with Gasteiger partial charge in [0.25, 0.3) is 0 Å². The molecule has 0 saturated carbocycles. The molecule has 28 heavy (non-hydrogen) atoms. The SMILES string of the molecule is CN=C(NCc1c(C)nn(C)c1C)NC1CCN(Cc2ccc(F)cc2)CC1. The maximum Gasteiger partial charge on any atom is 0.191 e. The first-order chi connectivity index (χ1) is 13.5. The summed E-state index contributed by atoms with van der Waals surface area (Å²) in [6, 6.07) is 7.21. The maximum atomic E-state index is 13.0. The average Bonchev–Trinajstić information content (AvgIpc) is 2.93. The van der Waals surface area contributed by atoms with Crippen molar-refractivity contribution in [3.05, 3.63) is 52.6 Å². The van der Waals surface area contributed by atoms with Gasteiger partial charge < -0.3 is 10.6 Å². The topological polar surface area (TPSA) is 57.5 Å². The molecule has 1 aliphatic heterocycles. The summed E-state index contributed by atoms with van der Waals surface area (Å²) in [5.74, 6) is 0.654. The van der Waals surface area contributed by atoms with Crippen LogP contribution in [0.15, 0.2) is 29.3 Å². The first-order valence-electron chi connectivity index (χ1n) is 9.89. The number of piperidine rings is 1. The second-order valence-electron chi connectivity index (χ2n) is 7.52. The maximum absolute atomic E-state index is 13.0. The second-order valence-corrected chi connectivity index (χ2v) is 7.52. The molecule has 0 unspecified atom stereocenters. The predicted octanol–water partition coefficient (Wildman–Crippen LogP) is 2.51. The fourth-order valence-electron chi connectivity index (χ4n) is 3.72. The highest BCUT2D eigenvalue weighted by Crippen LogP contribution is 2.15. The van der Waals surface area contributed by atoms with Crippen LogP contribution < -0.4 is 10.6 Å². The van der Waals surface area contributed by atoms with Gasteiger partial charge in [0, 0.05) is 57.6 Å². The minimum Gasteiger partial charge on any atom is -0.354 e. The first kappa shape index (κ1) is 20.3. The van der Waals surface area contributed by atoms with Gasteiger partial charge in [0.1, 0.15) is 5.82 Å². The zero-order valence-electron chi connectivity index (χ0n) is 17.3. The number of benzene rings is 1. The summed E-state index contributed by atoms with van der Waals surface area (Å²) in [6.07, 6.45) is 2.12. The number of aryl methyl sites for hydroxylation is 2. The molecular formula is C21H31FN6. The van der Waals surface area contributed by atoms with Gasteiger partial charge in [-0.15, -0.1) is 0 Å². The Bertz CT molecular complexity index is 803. The van der Waals surface area contributed by atoms with E-state index in [0.717, 1.165) is 49.7 Å². The smallest absolute Gasteiger partial charge is 0.191 e. The lowest BCUT2D eigenvalue weighted by molar-refractivity contribution is 0.198. The summed E-state index contributed by atoms with van der Waals surface area (Å²) in [7, 11) is 3.78. The van der Waals surface area contributed by atoms with Gasteiger partial charge in [-0.2, -0.15) is 5.10 Å². The van der Waals surface area contributed by atoms with E-state index >= 15 is 0 Å². The molecule has 0 amide bonds. The molecule has 3 rings (SSSR count). The minimum absolute atomic E-state index is 0.179. The summed E-state index contributed by atoms with van der Waals surface area (Å²) in [5.41, 5.74) is 4.61. The molecule has 0 bridgehead atoms. The van der Waals surface area contributed by atoms with Gasteiger partial charge in [-0.1, -0.05) is 12.1 Å². The van der Waals surface area contributed by atoms with Crippen molar-refractivity contribution in [1.82, 2.24) is 25.3 Å². The molecule has 1 fully saturated rings. The lowest BCUT2D eigenvalue weighted by Crippen LogP contribution is -2.48. The van der Waals surface area contributed by atoms with Crippen molar-refractivity contribution in [3.8, 4) is 0 Å². The molecule has 2 aromatic rings. The largest absolute Gasteiger partial charge is 0.354 e. The van der Waals surface area contributed by atoms with E-state index in [-0.39, 0.29) is 5.82 Å². The number of hydrogen-bond donors (Lipinski definition) is 2. The monoisotopic (exact) mass is 386 g/mol. The van der Waals surface area contributed by atoms with Crippen LogP contribution in [0.1, 0.15) is 35.4 Å². The van der Waals surface area contributed by atoms with Crippen LogP contribution in [-0.4, -0.2) is 46.8 Å². The Hall–Kier alpha value is -2.41. The van der Waals surface area contributed by atoms with E-state index in [4.69, 9.17) is 0 Å². The number of nitrogens with one attached hydrogen (secondary N) is 2. The van der Waals surface area contributed by atoms with Gasteiger partial charge in [0.05, 0.1) is 5.69 Å². The number of guanidine groups is 1. The predicted molar refractivity (Wildman–Crippen MR) is 111 cm³/mol. The standard InChI is InChI=1S/C21H31FN6/c1-15-20(16(2)27(4)26-15)13-24-21(23-3)25-19-9-11-28(12-10-19)14-17-5-7-18(22)8-6-17/h5-8,19H,9-14H2,1-4H3,(H2,23,24,25). The summed E-state index contributed by atoms with van der Waals surface area (Å²) in [6.45, 7) is 7.76. The Labute approximate surface area is 166 Å².